The van der Waals surface area contributed by atoms with Crippen molar-refractivity contribution in [2.75, 3.05) is 30.3 Å². The molecule has 1 aromatic rings. The second-order valence-corrected chi connectivity index (χ2v) is 10.7. The first-order valence-electron chi connectivity index (χ1n) is 10.7. The summed E-state index contributed by atoms with van der Waals surface area (Å²) in [6, 6.07) is 5.01. The van der Waals surface area contributed by atoms with Crippen molar-refractivity contribution in [2.45, 2.75) is 68.2 Å². The summed E-state index contributed by atoms with van der Waals surface area (Å²) in [5, 5.41) is 3.07. The van der Waals surface area contributed by atoms with E-state index in [-0.39, 0.29) is 35.0 Å². The number of fused-ring (bicyclic) bond motifs is 1. The molecular weight excluding hydrogens is 422 g/mol. The van der Waals surface area contributed by atoms with Crippen LogP contribution in [0.3, 0.4) is 0 Å². The maximum atomic E-state index is 12.9. The molecule has 1 aliphatic heterocycles. The lowest BCUT2D eigenvalue weighted by atomic mass is 10.1. The molecule has 1 fully saturated rings. The van der Waals surface area contributed by atoms with E-state index in [0.29, 0.717) is 18.8 Å². The van der Waals surface area contributed by atoms with Crippen molar-refractivity contribution in [1.29, 1.82) is 0 Å². The quantitative estimate of drug-likeness (QED) is 0.642. The van der Waals surface area contributed by atoms with Gasteiger partial charge in [-0.05, 0) is 31.0 Å². The average molecular weight is 454 g/mol. The van der Waals surface area contributed by atoms with Crippen molar-refractivity contribution in [3.8, 4) is 0 Å². The van der Waals surface area contributed by atoms with Crippen LogP contribution in [0.25, 0.3) is 0 Å². The molecule has 0 radical (unpaired) electrons. The van der Waals surface area contributed by atoms with Gasteiger partial charge in [0.1, 0.15) is 6.54 Å². The number of nitrogens with zero attached hydrogens (tertiary/aromatic N) is 2. The second kappa shape index (κ2) is 10.2. The highest BCUT2D eigenvalue weighted by Gasteiger charge is 2.30. The number of thioether (sulfide) groups is 1. The Morgan fingerprint density at radius 3 is 2.47 bits per heavy atom. The summed E-state index contributed by atoms with van der Waals surface area (Å²) in [7, 11) is -3.65. The molecule has 0 spiro atoms. The van der Waals surface area contributed by atoms with Crippen LogP contribution in [0.1, 0.15) is 52.4 Å². The van der Waals surface area contributed by atoms with Gasteiger partial charge in [0.15, 0.2) is 0 Å². The molecule has 0 aromatic heterocycles. The fraction of sp³-hybridized carbons (Fsp3) is 0.619. The fourth-order valence-corrected chi connectivity index (χ4v) is 6.46. The molecule has 0 atom stereocenters. The van der Waals surface area contributed by atoms with Crippen LogP contribution < -0.4 is 10.2 Å². The van der Waals surface area contributed by atoms with Crippen LogP contribution in [0.15, 0.2) is 28.0 Å². The van der Waals surface area contributed by atoms with E-state index >= 15 is 0 Å². The van der Waals surface area contributed by atoms with E-state index in [4.69, 9.17) is 0 Å². The number of benzene rings is 1. The number of amides is 2. The minimum atomic E-state index is -3.65. The van der Waals surface area contributed by atoms with Gasteiger partial charge >= 0.3 is 0 Å². The summed E-state index contributed by atoms with van der Waals surface area (Å²) in [5.74, 6) is -0.128. The summed E-state index contributed by atoms with van der Waals surface area (Å²) < 4.78 is 27.2. The van der Waals surface area contributed by atoms with Crippen LogP contribution in [0.5, 0.6) is 0 Å². The maximum absolute atomic E-state index is 12.9. The summed E-state index contributed by atoms with van der Waals surface area (Å²) in [6.07, 6.45) is 6.56. The molecule has 1 N–H and O–H groups in total. The number of carbonyl (C=O) groups is 2. The van der Waals surface area contributed by atoms with Crippen molar-refractivity contribution < 1.29 is 18.0 Å². The first-order chi connectivity index (χ1) is 14.4. The standard InChI is InChI=1S/C21H31N3O4S2/c1-3-23(4-2)30(27,28)17-11-12-19-18(13-17)24(21(26)15-29-19)14-20(25)22-16-9-7-5-6-8-10-16/h11-13,16H,3-10,14-15H2,1-2H3,(H,22,25). The summed E-state index contributed by atoms with van der Waals surface area (Å²) in [4.78, 5) is 27.7. The van der Waals surface area contributed by atoms with Crippen molar-refractivity contribution in [2.24, 2.45) is 0 Å². The predicted octanol–water partition coefficient (Wildman–Crippen LogP) is 2.99. The summed E-state index contributed by atoms with van der Waals surface area (Å²) in [6.45, 7) is 4.25. The van der Waals surface area contributed by atoms with Crippen LogP contribution >= 0.6 is 11.8 Å². The van der Waals surface area contributed by atoms with Crippen LogP contribution in [0.2, 0.25) is 0 Å². The van der Waals surface area contributed by atoms with Crippen LogP contribution in [-0.4, -0.2) is 56.0 Å². The third-order valence-electron chi connectivity index (χ3n) is 5.74. The number of nitrogens with one attached hydrogen (secondary N) is 1. The highest BCUT2D eigenvalue weighted by molar-refractivity contribution is 8.00. The zero-order chi connectivity index (χ0) is 21.7. The molecule has 2 amide bonds. The first kappa shape index (κ1) is 23.1. The molecule has 0 unspecified atom stereocenters. The molecule has 7 nitrogen and oxygen atoms in total. The molecule has 1 aliphatic carbocycles. The number of hydrogen-bond donors (Lipinski definition) is 1. The zero-order valence-corrected chi connectivity index (χ0v) is 19.4. The molecule has 2 aliphatic rings. The molecule has 30 heavy (non-hydrogen) atoms. The lowest BCUT2D eigenvalue weighted by Crippen LogP contribution is -2.46. The normalized spacial score (nSPS) is 18.2. The largest absolute Gasteiger partial charge is 0.352 e. The molecular formula is C21H31N3O4S2. The smallest absolute Gasteiger partial charge is 0.243 e. The minimum Gasteiger partial charge on any atom is -0.352 e. The molecule has 9 heteroatoms. The van der Waals surface area contributed by atoms with E-state index in [1.165, 1.54) is 39.9 Å². The van der Waals surface area contributed by atoms with Crippen LogP contribution in [0.4, 0.5) is 5.69 Å². The molecule has 3 rings (SSSR count). The Balaban J connectivity index is 1.82. The fourth-order valence-electron chi connectivity index (χ4n) is 4.07. The van der Waals surface area contributed by atoms with Gasteiger partial charge < -0.3 is 10.2 Å². The molecule has 1 aromatic carbocycles. The van der Waals surface area contributed by atoms with Gasteiger partial charge in [-0.3, -0.25) is 9.59 Å². The van der Waals surface area contributed by atoms with Gasteiger partial charge in [0.25, 0.3) is 0 Å². The minimum absolute atomic E-state index is 0.0857. The predicted molar refractivity (Wildman–Crippen MR) is 119 cm³/mol. The molecule has 0 saturated heterocycles. The Labute approximate surface area is 183 Å². The zero-order valence-electron chi connectivity index (χ0n) is 17.7. The van der Waals surface area contributed by atoms with Crippen LogP contribution in [-0.2, 0) is 19.6 Å². The Hall–Kier alpha value is -1.58. The molecule has 1 saturated carbocycles. The number of sulfonamides is 1. The van der Waals surface area contributed by atoms with Gasteiger partial charge in [0.05, 0.1) is 16.3 Å². The van der Waals surface area contributed by atoms with Gasteiger partial charge in [-0.25, -0.2) is 8.42 Å². The highest BCUT2D eigenvalue weighted by Crippen LogP contribution is 2.37. The number of anilines is 1. The number of carbonyl (C=O) groups excluding carboxylic acids is 2. The van der Waals surface area contributed by atoms with Gasteiger partial charge in [0, 0.05) is 24.0 Å². The van der Waals surface area contributed by atoms with Crippen LogP contribution in [0, 0.1) is 0 Å². The average Bonchev–Trinajstić information content (AvgIpc) is 2.99. The molecule has 1 heterocycles. The SMILES string of the molecule is CCN(CC)S(=O)(=O)c1ccc2c(c1)N(CC(=O)NC1CCCCCC1)C(=O)CS2. The third kappa shape index (κ3) is 5.18. The summed E-state index contributed by atoms with van der Waals surface area (Å²) in [5.41, 5.74) is 0.500. The van der Waals surface area contributed by atoms with Crippen molar-refractivity contribution in [3.63, 3.8) is 0 Å². The lowest BCUT2D eigenvalue weighted by Gasteiger charge is -2.30. The first-order valence-corrected chi connectivity index (χ1v) is 13.2. The van der Waals surface area contributed by atoms with E-state index in [9.17, 15) is 18.0 Å². The van der Waals surface area contributed by atoms with E-state index in [1.54, 1.807) is 26.0 Å². The summed E-state index contributed by atoms with van der Waals surface area (Å²) >= 11 is 1.37. The maximum Gasteiger partial charge on any atom is 0.243 e. The van der Waals surface area contributed by atoms with Crippen molar-refractivity contribution in [1.82, 2.24) is 9.62 Å². The van der Waals surface area contributed by atoms with E-state index < -0.39 is 10.0 Å². The second-order valence-electron chi connectivity index (χ2n) is 7.74. The van der Waals surface area contributed by atoms with E-state index in [1.807, 2.05) is 0 Å². The van der Waals surface area contributed by atoms with Crippen molar-refractivity contribution >= 4 is 39.3 Å². The number of hydrogen-bond acceptors (Lipinski definition) is 5. The topological polar surface area (TPSA) is 86.8 Å². The van der Waals surface area contributed by atoms with E-state index in [2.05, 4.69) is 5.32 Å². The Morgan fingerprint density at radius 2 is 1.83 bits per heavy atom. The highest BCUT2D eigenvalue weighted by atomic mass is 32.2. The monoisotopic (exact) mass is 453 g/mol. The molecule has 166 valence electrons. The van der Waals surface area contributed by atoms with Gasteiger partial charge in [-0.15, -0.1) is 11.8 Å². The Morgan fingerprint density at radius 1 is 1.17 bits per heavy atom. The molecule has 0 bridgehead atoms. The lowest BCUT2D eigenvalue weighted by molar-refractivity contribution is -0.123. The third-order valence-corrected chi connectivity index (χ3v) is 8.83. The van der Waals surface area contributed by atoms with Crippen molar-refractivity contribution in [3.05, 3.63) is 18.2 Å². The Kier molecular flexibility index (Phi) is 7.81. The van der Waals surface area contributed by atoms with Gasteiger partial charge in [-0.2, -0.15) is 4.31 Å². The van der Waals surface area contributed by atoms with E-state index in [0.717, 1.165) is 30.6 Å². The van der Waals surface area contributed by atoms with Gasteiger partial charge in [0.2, 0.25) is 21.8 Å². The Bertz CT molecular complexity index is 876. The number of rotatable bonds is 7. The van der Waals surface area contributed by atoms with Gasteiger partial charge in [-0.1, -0.05) is 39.5 Å².